The van der Waals surface area contributed by atoms with Crippen LogP contribution in [0.4, 0.5) is 0 Å². The highest BCUT2D eigenvalue weighted by molar-refractivity contribution is 5.41. The van der Waals surface area contributed by atoms with E-state index in [0.717, 1.165) is 12.0 Å². The number of hydrogen-bond acceptors (Lipinski definition) is 3. The molecule has 3 heteroatoms. The van der Waals surface area contributed by atoms with Gasteiger partial charge in [-0.25, -0.2) is 0 Å². The first kappa shape index (κ1) is 14.8. The minimum Gasteiger partial charge on any atom is -0.507 e. The number of phenols is 1. The number of rotatable bonds is 5. The summed E-state index contributed by atoms with van der Waals surface area (Å²) in [6.45, 7) is 8.71. The summed E-state index contributed by atoms with van der Waals surface area (Å²) >= 11 is 0. The van der Waals surface area contributed by atoms with E-state index in [0.29, 0.717) is 11.5 Å². The molecule has 1 aromatic carbocycles. The SMILES string of the molecule is CCC(C)(C)N(C)C(C)c1ccc(OC)cc1O. The third-order valence-electron chi connectivity index (χ3n) is 4.09. The molecule has 0 bridgehead atoms. The molecule has 0 aliphatic rings. The van der Waals surface area contributed by atoms with Gasteiger partial charge in [0.15, 0.2) is 0 Å². The van der Waals surface area contributed by atoms with Crippen LogP contribution >= 0.6 is 0 Å². The molecule has 0 fully saturated rings. The van der Waals surface area contributed by atoms with Gasteiger partial charge in [-0.15, -0.1) is 0 Å². The molecule has 0 heterocycles. The molecule has 0 spiro atoms. The van der Waals surface area contributed by atoms with Gasteiger partial charge in [-0.1, -0.05) is 13.0 Å². The van der Waals surface area contributed by atoms with Crippen LogP contribution in [0.15, 0.2) is 18.2 Å². The summed E-state index contributed by atoms with van der Waals surface area (Å²) in [5.74, 6) is 0.974. The summed E-state index contributed by atoms with van der Waals surface area (Å²) in [6, 6.07) is 5.64. The van der Waals surface area contributed by atoms with Crippen LogP contribution < -0.4 is 4.74 Å². The lowest BCUT2D eigenvalue weighted by Crippen LogP contribution is -2.41. The molecule has 1 aromatic rings. The van der Waals surface area contributed by atoms with Gasteiger partial charge in [-0.05, 0) is 40.3 Å². The Labute approximate surface area is 110 Å². The molecule has 0 radical (unpaired) electrons. The van der Waals surface area contributed by atoms with E-state index < -0.39 is 0 Å². The Morgan fingerprint density at radius 2 is 2.00 bits per heavy atom. The van der Waals surface area contributed by atoms with Crippen molar-refractivity contribution in [2.75, 3.05) is 14.2 Å². The molecular formula is C15H25NO2. The van der Waals surface area contributed by atoms with Crippen molar-refractivity contribution in [3.05, 3.63) is 23.8 Å². The molecule has 18 heavy (non-hydrogen) atoms. The van der Waals surface area contributed by atoms with E-state index in [1.807, 2.05) is 12.1 Å². The van der Waals surface area contributed by atoms with Crippen molar-refractivity contribution in [1.82, 2.24) is 4.90 Å². The normalized spacial score (nSPS) is 13.7. The number of aromatic hydroxyl groups is 1. The molecule has 0 aliphatic carbocycles. The van der Waals surface area contributed by atoms with Gasteiger partial charge in [-0.3, -0.25) is 4.90 Å². The maximum absolute atomic E-state index is 10.1. The maximum Gasteiger partial charge on any atom is 0.124 e. The minimum atomic E-state index is 0.103. The molecule has 102 valence electrons. The largest absolute Gasteiger partial charge is 0.507 e. The maximum atomic E-state index is 10.1. The van der Waals surface area contributed by atoms with Crippen molar-refractivity contribution in [2.45, 2.75) is 45.7 Å². The zero-order chi connectivity index (χ0) is 13.9. The van der Waals surface area contributed by atoms with Crippen LogP contribution in [0.3, 0.4) is 0 Å². The van der Waals surface area contributed by atoms with Crippen LogP contribution in [-0.2, 0) is 0 Å². The van der Waals surface area contributed by atoms with Crippen LogP contribution in [0.25, 0.3) is 0 Å². The number of phenolic OH excluding ortho intramolecular Hbond substituents is 1. The van der Waals surface area contributed by atoms with Crippen molar-refractivity contribution in [1.29, 1.82) is 0 Å². The third kappa shape index (κ3) is 2.96. The van der Waals surface area contributed by atoms with Crippen LogP contribution in [-0.4, -0.2) is 29.7 Å². The Morgan fingerprint density at radius 1 is 1.39 bits per heavy atom. The fourth-order valence-electron chi connectivity index (χ4n) is 1.99. The molecule has 1 rings (SSSR count). The van der Waals surface area contributed by atoms with E-state index in [4.69, 9.17) is 4.74 Å². The summed E-state index contributed by atoms with van der Waals surface area (Å²) in [4.78, 5) is 2.29. The first-order valence-corrected chi connectivity index (χ1v) is 6.43. The van der Waals surface area contributed by atoms with E-state index in [9.17, 15) is 5.11 Å². The highest BCUT2D eigenvalue weighted by Crippen LogP contribution is 2.34. The molecule has 0 saturated heterocycles. The Morgan fingerprint density at radius 3 is 2.44 bits per heavy atom. The smallest absolute Gasteiger partial charge is 0.124 e. The fraction of sp³-hybridized carbons (Fsp3) is 0.600. The third-order valence-corrected chi connectivity index (χ3v) is 4.09. The first-order chi connectivity index (χ1) is 8.33. The van der Waals surface area contributed by atoms with Crippen molar-refractivity contribution in [3.8, 4) is 11.5 Å². The molecule has 1 unspecified atom stereocenters. The van der Waals surface area contributed by atoms with Gasteiger partial charge in [0.2, 0.25) is 0 Å². The van der Waals surface area contributed by atoms with E-state index in [-0.39, 0.29) is 11.6 Å². The van der Waals surface area contributed by atoms with Gasteiger partial charge in [0.25, 0.3) is 0 Å². The highest BCUT2D eigenvalue weighted by Gasteiger charge is 2.27. The molecule has 3 nitrogen and oxygen atoms in total. The van der Waals surface area contributed by atoms with Crippen molar-refractivity contribution in [2.24, 2.45) is 0 Å². The summed E-state index contributed by atoms with van der Waals surface area (Å²) in [5.41, 5.74) is 1.03. The molecule has 0 aliphatic heterocycles. The molecule has 0 amide bonds. The Kier molecular flexibility index (Phi) is 4.63. The number of ether oxygens (including phenoxy) is 1. The number of nitrogens with zero attached hydrogens (tertiary/aromatic N) is 1. The highest BCUT2D eigenvalue weighted by atomic mass is 16.5. The molecule has 1 atom stereocenters. The standard InChI is InChI=1S/C15H25NO2/c1-7-15(3,4)16(5)11(2)13-9-8-12(18-6)10-14(13)17/h8-11,17H,7H2,1-6H3. The zero-order valence-electron chi connectivity index (χ0n) is 12.3. The molecule has 0 saturated carbocycles. The van der Waals surface area contributed by atoms with Gasteiger partial charge in [0.1, 0.15) is 11.5 Å². The van der Waals surface area contributed by atoms with E-state index in [1.165, 1.54) is 0 Å². The van der Waals surface area contributed by atoms with Gasteiger partial charge < -0.3 is 9.84 Å². The zero-order valence-corrected chi connectivity index (χ0v) is 12.3. The second kappa shape index (κ2) is 5.61. The van der Waals surface area contributed by atoms with Crippen LogP contribution in [0.5, 0.6) is 11.5 Å². The van der Waals surface area contributed by atoms with Crippen LogP contribution in [0, 0.1) is 0 Å². The van der Waals surface area contributed by atoms with Crippen LogP contribution in [0.1, 0.15) is 45.7 Å². The summed E-state index contributed by atoms with van der Waals surface area (Å²) in [7, 11) is 3.70. The topological polar surface area (TPSA) is 32.7 Å². The first-order valence-electron chi connectivity index (χ1n) is 6.43. The van der Waals surface area contributed by atoms with Gasteiger partial charge in [0.05, 0.1) is 7.11 Å². The molecule has 1 N–H and O–H groups in total. The predicted octanol–water partition coefficient (Wildman–Crippen LogP) is 3.58. The van der Waals surface area contributed by atoms with Gasteiger partial charge in [0, 0.05) is 23.2 Å². The quantitative estimate of drug-likeness (QED) is 0.868. The minimum absolute atomic E-state index is 0.103. The average Bonchev–Trinajstić information content (AvgIpc) is 2.36. The summed E-state index contributed by atoms with van der Waals surface area (Å²) in [6.07, 6.45) is 1.06. The van der Waals surface area contributed by atoms with E-state index in [1.54, 1.807) is 13.2 Å². The lowest BCUT2D eigenvalue weighted by atomic mass is 9.95. The Hall–Kier alpha value is -1.22. The monoisotopic (exact) mass is 251 g/mol. The number of benzene rings is 1. The predicted molar refractivity (Wildman–Crippen MR) is 75.2 cm³/mol. The lowest BCUT2D eigenvalue weighted by molar-refractivity contribution is 0.104. The lowest BCUT2D eigenvalue weighted by Gasteiger charge is -2.39. The average molecular weight is 251 g/mol. The van der Waals surface area contributed by atoms with Crippen LogP contribution in [0.2, 0.25) is 0 Å². The van der Waals surface area contributed by atoms with Gasteiger partial charge in [-0.2, -0.15) is 0 Å². The second-order valence-electron chi connectivity index (χ2n) is 5.38. The second-order valence-corrected chi connectivity index (χ2v) is 5.38. The molecular weight excluding hydrogens is 226 g/mol. The van der Waals surface area contributed by atoms with Crippen molar-refractivity contribution in [3.63, 3.8) is 0 Å². The Bertz CT molecular complexity index is 401. The molecule has 0 aromatic heterocycles. The summed E-state index contributed by atoms with van der Waals surface area (Å²) in [5, 5.41) is 10.1. The van der Waals surface area contributed by atoms with Crippen molar-refractivity contribution >= 4 is 0 Å². The number of hydrogen-bond donors (Lipinski definition) is 1. The van der Waals surface area contributed by atoms with E-state index in [2.05, 4.69) is 39.6 Å². The van der Waals surface area contributed by atoms with Gasteiger partial charge >= 0.3 is 0 Å². The van der Waals surface area contributed by atoms with E-state index >= 15 is 0 Å². The summed E-state index contributed by atoms with van der Waals surface area (Å²) < 4.78 is 5.11. The van der Waals surface area contributed by atoms with Crippen molar-refractivity contribution < 1.29 is 9.84 Å². The Balaban J connectivity index is 3.00. The fourth-order valence-corrected chi connectivity index (χ4v) is 1.99. The number of methoxy groups -OCH3 is 1.